The van der Waals surface area contributed by atoms with Crippen molar-refractivity contribution in [1.29, 1.82) is 0 Å². The molecular weight excluding hydrogens is 438 g/mol. The standard InChI is InChI=1S/C25H35N3O4S/c1-18(2)24(27-33(30,31)22-12-10-19(3)11-13-22)25(29)26-17-23(28-14-5-6-15-28)20-8-7-9-21(16-20)32-4/h7-13,16,18,23-24,27H,5-6,14-15,17H2,1-4H3,(H,26,29)/t23-,24-/m0/s1. The molecule has 0 unspecified atom stereocenters. The van der Waals surface area contributed by atoms with E-state index in [0.29, 0.717) is 6.54 Å². The topological polar surface area (TPSA) is 87.7 Å². The Balaban J connectivity index is 1.74. The van der Waals surface area contributed by atoms with E-state index in [1.165, 1.54) is 0 Å². The zero-order chi connectivity index (χ0) is 24.0. The van der Waals surface area contributed by atoms with Gasteiger partial charge in [0.1, 0.15) is 11.8 Å². The molecule has 33 heavy (non-hydrogen) atoms. The van der Waals surface area contributed by atoms with Gasteiger partial charge >= 0.3 is 0 Å². The van der Waals surface area contributed by atoms with E-state index >= 15 is 0 Å². The minimum absolute atomic E-state index is 0.00642. The Labute approximate surface area is 197 Å². The van der Waals surface area contributed by atoms with Gasteiger partial charge in [0.2, 0.25) is 15.9 Å². The number of rotatable bonds is 10. The van der Waals surface area contributed by atoms with Crippen molar-refractivity contribution in [3.8, 4) is 5.75 Å². The molecule has 0 radical (unpaired) electrons. The molecule has 8 heteroatoms. The summed E-state index contributed by atoms with van der Waals surface area (Å²) < 4.78 is 33.8. The summed E-state index contributed by atoms with van der Waals surface area (Å²) in [6.45, 7) is 7.88. The Bertz CT molecular complexity index is 1030. The number of methoxy groups -OCH3 is 1. The van der Waals surface area contributed by atoms with Gasteiger partial charge in [-0.05, 0) is 68.6 Å². The molecule has 0 aromatic heterocycles. The number of benzene rings is 2. The van der Waals surface area contributed by atoms with Gasteiger partial charge in [-0.3, -0.25) is 9.69 Å². The molecule has 0 aliphatic carbocycles. The van der Waals surface area contributed by atoms with Gasteiger partial charge in [-0.25, -0.2) is 8.42 Å². The van der Waals surface area contributed by atoms with E-state index in [4.69, 9.17) is 4.74 Å². The van der Waals surface area contributed by atoms with Gasteiger partial charge in [-0.15, -0.1) is 0 Å². The minimum atomic E-state index is -3.82. The van der Waals surface area contributed by atoms with Crippen molar-refractivity contribution in [2.45, 2.75) is 50.6 Å². The highest BCUT2D eigenvalue weighted by atomic mass is 32.2. The number of amides is 1. The Kier molecular flexibility index (Phi) is 8.51. The quantitative estimate of drug-likeness (QED) is 0.553. The van der Waals surface area contributed by atoms with Crippen molar-refractivity contribution in [3.63, 3.8) is 0 Å². The fourth-order valence-electron chi connectivity index (χ4n) is 4.11. The van der Waals surface area contributed by atoms with Gasteiger partial charge in [0.25, 0.3) is 0 Å². The van der Waals surface area contributed by atoms with Crippen LogP contribution >= 0.6 is 0 Å². The number of sulfonamides is 1. The predicted octanol–water partition coefficient (Wildman–Crippen LogP) is 3.26. The number of hydrogen-bond donors (Lipinski definition) is 2. The normalized spacial score (nSPS) is 16.5. The maximum atomic E-state index is 13.1. The Morgan fingerprint density at radius 2 is 1.76 bits per heavy atom. The van der Waals surface area contributed by atoms with E-state index < -0.39 is 16.1 Å². The Morgan fingerprint density at radius 1 is 1.09 bits per heavy atom. The van der Waals surface area contributed by atoms with Crippen molar-refractivity contribution in [1.82, 2.24) is 14.9 Å². The molecule has 2 aromatic rings. The van der Waals surface area contributed by atoms with Crippen LogP contribution in [0.4, 0.5) is 0 Å². The van der Waals surface area contributed by atoms with Crippen LogP contribution in [-0.4, -0.2) is 52.0 Å². The largest absolute Gasteiger partial charge is 0.497 e. The Hall–Kier alpha value is -2.42. The highest BCUT2D eigenvalue weighted by Crippen LogP contribution is 2.27. The molecular formula is C25H35N3O4S. The molecule has 1 amide bonds. The maximum absolute atomic E-state index is 13.1. The first-order chi connectivity index (χ1) is 15.7. The van der Waals surface area contributed by atoms with Crippen LogP contribution in [0.3, 0.4) is 0 Å². The number of nitrogens with one attached hydrogen (secondary N) is 2. The molecule has 7 nitrogen and oxygen atoms in total. The summed E-state index contributed by atoms with van der Waals surface area (Å²) in [6.07, 6.45) is 2.25. The van der Waals surface area contributed by atoms with E-state index in [0.717, 1.165) is 42.8 Å². The monoisotopic (exact) mass is 473 g/mol. The second kappa shape index (κ2) is 11.1. The molecule has 2 atom stereocenters. The van der Waals surface area contributed by atoms with Crippen molar-refractivity contribution < 1.29 is 17.9 Å². The third kappa shape index (κ3) is 6.56. The van der Waals surface area contributed by atoms with Crippen LogP contribution < -0.4 is 14.8 Å². The molecule has 2 aromatic carbocycles. The molecule has 1 aliphatic rings. The first kappa shape index (κ1) is 25.2. The van der Waals surface area contributed by atoms with Crippen LogP contribution in [0.15, 0.2) is 53.4 Å². The summed E-state index contributed by atoms with van der Waals surface area (Å²) >= 11 is 0. The highest BCUT2D eigenvalue weighted by molar-refractivity contribution is 7.89. The molecule has 0 spiro atoms. The van der Waals surface area contributed by atoms with Crippen LogP contribution in [0, 0.1) is 12.8 Å². The zero-order valence-corrected chi connectivity index (χ0v) is 20.7. The van der Waals surface area contributed by atoms with E-state index in [1.54, 1.807) is 31.4 Å². The number of carbonyl (C=O) groups excluding carboxylic acids is 1. The summed E-state index contributed by atoms with van der Waals surface area (Å²) in [5, 5.41) is 3.01. The fourth-order valence-corrected chi connectivity index (χ4v) is 5.46. The number of aryl methyl sites for hydroxylation is 1. The average Bonchev–Trinajstić information content (AvgIpc) is 3.32. The van der Waals surface area contributed by atoms with E-state index in [1.807, 2.05) is 45.0 Å². The summed E-state index contributed by atoms with van der Waals surface area (Å²) in [7, 11) is -2.18. The minimum Gasteiger partial charge on any atom is -0.497 e. The maximum Gasteiger partial charge on any atom is 0.241 e. The van der Waals surface area contributed by atoms with Crippen molar-refractivity contribution in [2.24, 2.45) is 5.92 Å². The summed E-state index contributed by atoms with van der Waals surface area (Å²) in [4.78, 5) is 15.6. The molecule has 3 rings (SSSR count). The van der Waals surface area contributed by atoms with E-state index in [2.05, 4.69) is 14.9 Å². The molecule has 1 fully saturated rings. The third-order valence-electron chi connectivity index (χ3n) is 6.09. The molecule has 2 N–H and O–H groups in total. The Morgan fingerprint density at radius 3 is 2.36 bits per heavy atom. The number of carbonyl (C=O) groups is 1. The van der Waals surface area contributed by atoms with E-state index in [-0.39, 0.29) is 22.8 Å². The second-order valence-corrected chi connectivity index (χ2v) is 10.7. The van der Waals surface area contributed by atoms with Crippen molar-refractivity contribution >= 4 is 15.9 Å². The number of likely N-dealkylation sites (tertiary alicyclic amines) is 1. The van der Waals surface area contributed by atoms with Crippen LogP contribution in [0.25, 0.3) is 0 Å². The lowest BCUT2D eigenvalue weighted by Crippen LogP contribution is -2.51. The van der Waals surface area contributed by atoms with Crippen molar-refractivity contribution in [2.75, 3.05) is 26.7 Å². The molecule has 1 saturated heterocycles. The predicted molar refractivity (Wildman–Crippen MR) is 130 cm³/mol. The van der Waals surface area contributed by atoms with Gasteiger partial charge in [0.15, 0.2) is 0 Å². The molecule has 180 valence electrons. The highest BCUT2D eigenvalue weighted by Gasteiger charge is 2.30. The molecule has 0 bridgehead atoms. The zero-order valence-electron chi connectivity index (χ0n) is 19.9. The van der Waals surface area contributed by atoms with Gasteiger partial charge in [-0.1, -0.05) is 43.7 Å². The molecule has 0 saturated carbocycles. The van der Waals surface area contributed by atoms with Crippen LogP contribution in [0.2, 0.25) is 0 Å². The van der Waals surface area contributed by atoms with Crippen LogP contribution in [0.1, 0.15) is 43.9 Å². The first-order valence-corrected chi connectivity index (χ1v) is 12.9. The average molecular weight is 474 g/mol. The van der Waals surface area contributed by atoms with Gasteiger partial charge in [0, 0.05) is 6.54 Å². The van der Waals surface area contributed by atoms with Gasteiger partial charge in [0.05, 0.1) is 18.0 Å². The SMILES string of the molecule is COc1cccc([C@H](CNC(=O)[C@@H](NS(=O)(=O)c2ccc(C)cc2)C(C)C)N2CCCC2)c1. The molecule has 1 heterocycles. The number of nitrogens with zero attached hydrogens (tertiary/aromatic N) is 1. The third-order valence-corrected chi connectivity index (χ3v) is 7.55. The van der Waals surface area contributed by atoms with Gasteiger partial charge in [-0.2, -0.15) is 4.72 Å². The summed E-state index contributed by atoms with van der Waals surface area (Å²) in [6, 6.07) is 13.6. The van der Waals surface area contributed by atoms with Crippen LogP contribution in [-0.2, 0) is 14.8 Å². The van der Waals surface area contributed by atoms with Crippen LogP contribution in [0.5, 0.6) is 5.75 Å². The van der Waals surface area contributed by atoms with E-state index in [9.17, 15) is 13.2 Å². The fraction of sp³-hybridized carbons (Fsp3) is 0.480. The smallest absolute Gasteiger partial charge is 0.241 e. The lowest BCUT2D eigenvalue weighted by atomic mass is 10.0. The second-order valence-electron chi connectivity index (χ2n) is 8.94. The summed E-state index contributed by atoms with van der Waals surface area (Å²) in [5.41, 5.74) is 2.04. The van der Waals surface area contributed by atoms with Gasteiger partial charge < -0.3 is 10.1 Å². The lowest BCUT2D eigenvalue weighted by Gasteiger charge is -2.30. The number of hydrogen-bond acceptors (Lipinski definition) is 5. The molecule has 1 aliphatic heterocycles. The number of ether oxygens (including phenoxy) is 1. The van der Waals surface area contributed by atoms with Crippen molar-refractivity contribution in [3.05, 3.63) is 59.7 Å². The first-order valence-electron chi connectivity index (χ1n) is 11.5. The summed E-state index contributed by atoms with van der Waals surface area (Å²) in [5.74, 6) is 0.231. The lowest BCUT2D eigenvalue weighted by molar-refractivity contribution is -0.123.